The van der Waals surface area contributed by atoms with Crippen molar-refractivity contribution in [1.29, 1.82) is 0 Å². The van der Waals surface area contributed by atoms with Gasteiger partial charge in [0.2, 0.25) is 6.33 Å². The van der Waals surface area contributed by atoms with Gasteiger partial charge < -0.3 is 0 Å². The number of aryl methyl sites for hydroxylation is 2. The lowest BCUT2D eigenvalue weighted by molar-refractivity contribution is -0.671. The van der Waals surface area contributed by atoms with Crippen LogP contribution >= 0.6 is 12.4 Å². The van der Waals surface area contributed by atoms with Crippen molar-refractivity contribution < 1.29 is 4.57 Å². The van der Waals surface area contributed by atoms with Gasteiger partial charge in [-0.25, -0.2) is 9.13 Å². The standard InChI is InChI=1S/C12H23N2.ClH/c1-3-4-5-6-7-8-9-14-11-10-13(2)12-14;/h10-12H,3-9H2,1-2H3;1H/q+1;. The molecule has 0 spiro atoms. The summed E-state index contributed by atoms with van der Waals surface area (Å²) in [6, 6.07) is 0. The Hall–Kier alpha value is -0.500. The molecule has 0 N–H and O–H groups in total. The number of nitrogens with zero attached hydrogens (tertiary/aromatic N) is 2. The number of hydrogen-bond acceptors (Lipinski definition) is 0. The van der Waals surface area contributed by atoms with Gasteiger partial charge in [-0.15, -0.1) is 12.4 Å². The molecule has 2 nitrogen and oxygen atoms in total. The van der Waals surface area contributed by atoms with Crippen molar-refractivity contribution in [2.45, 2.75) is 52.0 Å². The van der Waals surface area contributed by atoms with Crippen molar-refractivity contribution in [3.8, 4) is 0 Å². The van der Waals surface area contributed by atoms with Crippen molar-refractivity contribution in [2.24, 2.45) is 7.05 Å². The zero-order chi connectivity index (χ0) is 10.2. The molecule has 0 unspecified atom stereocenters. The van der Waals surface area contributed by atoms with Crippen molar-refractivity contribution >= 4 is 12.4 Å². The lowest BCUT2D eigenvalue weighted by Gasteiger charge is -1.98. The molecule has 0 amide bonds. The van der Waals surface area contributed by atoms with E-state index in [2.05, 4.69) is 41.8 Å². The van der Waals surface area contributed by atoms with Gasteiger partial charge in [0.1, 0.15) is 12.4 Å². The summed E-state index contributed by atoms with van der Waals surface area (Å²) >= 11 is 0. The maximum absolute atomic E-state index is 2.26. The number of imidazole rings is 1. The molecular weight excluding hydrogens is 208 g/mol. The summed E-state index contributed by atoms with van der Waals surface area (Å²) in [7, 11) is 2.07. The lowest BCUT2D eigenvalue weighted by Crippen LogP contribution is -2.23. The molecule has 0 bridgehead atoms. The second-order valence-electron chi connectivity index (χ2n) is 4.08. The van der Waals surface area contributed by atoms with E-state index >= 15 is 0 Å². The number of unbranched alkanes of at least 4 members (excludes halogenated alkanes) is 5. The Morgan fingerprint density at radius 1 is 1.07 bits per heavy atom. The van der Waals surface area contributed by atoms with Gasteiger partial charge in [-0.3, -0.25) is 0 Å². The average molecular weight is 232 g/mol. The Bertz CT molecular complexity index is 246. The minimum atomic E-state index is 0. The molecule has 1 aromatic rings. The third-order valence-electron chi connectivity index (χ3n) is 2.59. The van der Waals surface area contributed by atoms with Gasteiger partial charge in [0.15, 0.2) is 0 Å². The third kappa shape index (κ3) is 6.56. The van der Waals surface area contributed by atoms with Crippen LogP contribution in [0.5, 0.6) is 0 Å². The molecule has 1 aromatic heterocycles. The molecule has 0 atom stereocenters. The van der Waals surface area contributed by atoms with E-state index in [4.69, 9.17) is 0 Å². The topological polar surface area (TPSA) is 8.81 Å². The Morgan fingerprint density at radius 2 is 1.73 bits per heavy atom. The lowest BCUT2D eigenvalue weighted by atomic mass is 10.1. The van der Waals surface area contributed by atoms with E-state index in [1.807, 2.05) is 0 Å². The van der Waals surface area contributed by atoms with Crippen LogP contribution in [0.1, 0.15) is 45.4 Å². The predicted octanol–water partition coefficient (Wildman–Crippen LogP) is 3.09. The first-order valence-electron chi connectivity index (χ1n) is 5.84. The van der Waals surface area contributed by atoms with Gasteiger partial charge >= 0.3 is 0 Å². The van der Waals surface area contributed by atoms with Gasteiger partial charge in [0.25, 0.3) is 0 Å². The zero-order valence-corrected chi connectivity index (χ0v) is 10.8. The maximum Gasteiger partial charge on any atom is 0.243 e. The van der Waals surface area contributed by atoms with Crippen LogP contribution in [0.4, 0.5) is 0 Å². The molecule has 0 aliphatic carbocycles. The highest BCUT2D eigenvalue weighted by molar-refractivity contribution is 5.85. The number of rotatable bonds is 7. The van der Waals surface area contributed by atoms with E-state index in [9.17, 15) is 0 Å². The van der Waals surface area contributed by atoms with Crippen molar-refractivity contribution in [3.05, 3.63) is 18.7 Å². The molecule has 1 heterocycles. The molecule has 1 rings (SSSR count). The summed E-state index contributed by atoms with van der Waals surface area (Å²) in [4.78, 5) is 0. The highest BCUT2D eigenvalue weighted by atomic mass is 35.5. The van der Waals surface area contributed by atoms with E-state index in [1.165, 1.54) is 45.1 Å². The molecule has 88 valence electrons. The first-order valence-corrected chi connectivity index (χ1v) is 5.84. The van der Waals surface area contributed by atoms with Crippen LogP contribution in [0.2, 0.25) is 0 Å². The molecule has 0 saturated carbocycles. The monoisotopic (exact) mass is 231 g/mol. The fourth-order valence-corrected chi connectivity index (χ4v) is 1.71. The van der Waals surface area contributed by atoms with Gasteiger partial charge in [0.05, 0.1) is 13.6 Å². The molecule has 0 aromatic carbocycles. The quantitative estimate of drug-likeness (QED) is 0.504. The van der Waals surface area contributed by atoms with E-state index in [-0.39, 0.29) is 12.4 Å². The molecule has 0 radical (unpaired) electrons. The first-order chi connectivity index (χ1) is 6.83. The van der Waals surface area contributed by atoms with Crippen molar-refractivity contribution in [1.82, 2.24) is 4.57 Å². The summed E-state index contributed by atoms with van der Waals surface area (Å²) in [5.74, 6) is 0. The fourth-order valence-electron chi connectivity index (χ4n) is 1.71. The zero-order valence-electron chi connectivity index (χ0n) is 9.98. The molecular formula is C12H24ClN2+. The summed E-state index contributed by atoms with van der Waals surface area (Å²) in [6.45, 7) is 3.44. The van der Waals surface area contributed by atoms with Crippen LogP contribution in [-0.2, 0) is 13.6 Å². The summed E-state index contributed by atoms with van der Waals surface area (Å²) in [6.07, 6.45) is 14.6. The van der Waals surface area contributed by atoms with E-state index in [1.54, 1.807) is 0 Å². The largest absolute Gasteiger partial charge is 0.243 e. The highest BCUT2D eigenvalue weighted by Gasteiger charge is 1.98. The third-order valence-corrected chi connectivity index (χ3v) is 2.59. The van der Waals surface area contributed by atoms with E-state index in [0.29, 0.717) is 0 Å². The second-order valence-corrected chi connectivity index (χ2v) is 4.08. The number of halogens is 1. The molecule has 3 heteroatoms. The fraction of sp³-hybridized carbons (Fsp3) is 0.750. The van der Waals surface area contributed by atoms with Crippen molar-refractivity contribution in [2.75, 3.05) is 0 Å². The number of hydrogen-bond donors (Lipinski definition) is 0. The summed E-state index contributed by atoms with van der Waals surface area (Å²) < 4.78 is 4.36. The summed E-state index contributed by atoms with van der Waals surface area (Å²) in [5, 5.41) is 0. The normalized spacial score (nSPS) is 10.0. The second kappa shape index (κ2) is 8.78. The molecule has 15 heavy (non-hydrogen) atoms. The SMILES string of the molecule is CCCCCCCCn1cc[n+](C)c1.Cl. The predicted molar refractivity (Wildman–Crippen MR) is 66.2 cm³/mol. The Labute approximate surface area is 99.7 Å². The summed E-state index contributed by atoms with van der Waals surface area (Å²) in [5.41, 5.74) is 0. The molecule has 0 saturated heterocycles. The molecule has 0 fully saturated rings. The van der Waals surface area contributed by atoms with E-state index in [0.717, 1.165) is 0 Å². The smallest absolute Gasteiger partial charge is 0.240 e. The Kier molecular flexibility index (Phi) is 8.49. The Balaban J connectivity index is 0.00000196. The first kappa shape index (κ1) is 14.5. The molecule has 0 aliphatic rings. The minimum Gasteiger partial charge on any atom is -0.240 e. The minimum absolute atomic E-state index is 0. The average Bonchev–Trinajstić information content (AvgIpc) is 2.58. The Morgan fingerprint density at radius 3 is 2.33 bits per heavy atom. The van der Waals surface area contributed by atoms with E-state index < -0.39 is 0 Å². The van der Waals surface area contributed by atoms with Crippen LogP contribution in [0.3, 0.4) is 0 Å². The number of aromatic nitrogens is 2. The van der Waals surface area contributed by atoms with Gasteiger partial charge in [0, 0.05) is 0 Å². The van der Waals surface area contributed by atoms with Gasteiger partial charge in [-0.1, -0.05) is 32.6 Å². The maximum atomic E-state index is 2.26. The van der Waals surface area contributed by atoms with Crippen LogP contribution in [0.15, 0.2) is 18.7 Å². The van der Waals surface area contributed by atoms with Crippen LogP contribution in [0, 0.1) is 0 Å². The van der Waals surface area contributed by atoms with Crippen molar-refractivity contribution in [3.63, 3.8) is 0 Å². The highest BCUT2D eigenvalue weighted by Crippen LogP contribution is 2.05. The van der Waals surface area contributed by atoms with Crippen LogP contribution in [0.25, 0.3) is 0 Å². The van der Waals surface area contributed by atoms with Crippen LogP contribution < -0.4 is 4.57 Å². The molecule has 0 aliphatic heterocycles. The van der Waals surface area contributed by atoms with Gasteiger partial charge in [-0.05, 0) is 12.8 Å². The van der Waals surface area contributed by atoms with Gasteiger partial charge in [-0.2, -0.15) is 0 Å². The van der Waals surface area contributed by atoms with Crippen LogP contribution in [-0.4, -0.2) is 4.57 Å².